The number of hydrogen-bond acceptors (Lipinski definition) is 4. The van der Waals surface area contributed by atoms with Gasteiger partial charge in [-0.2, -0.15) is 0 Å². The van der Waals surface area contributed by atoms with Gasteiger partial charge in [0.05, 0.1) is 6.61 Å². The lowest BCUT2D eigenvalue weighted by Crippen LogP contribution is -2.28. The van der Waals surface area contributed by atoms with E-state index in [-0.39, 0.29) is 6.61 Å². The van der Waals surface area contributed by atoms with Crippen molar-refractivity contribution in [3.05, 3.63) is 36.5 Å². The van der Waals surface area contributed by atoms with Gasteiger partial charge in [-0.3, -0.25) is 0 Å². The Morgan fingerprint density at radius 3 is 3.00 bits per heavy atom. The Balaban J connectivity index is 2.81. The molecule has 1 atom stereocenters. The molecule has 0 spiro atoms. The molecule has 0 aliphatic heterocycles. The fourth-order valence-electron chi connectivity index (χ4n) is 1.93. The number of pyridine rings is 1. The predicted molar refractivity (Wildman–Crippen MR) is 80.4 cm³/mol. The van der Waals surface area contributed by atoms with Crippen molar-refractivity contribution in [2.75, 3.05) is 31.1 Å². The smallest absolute Gasteiger partial charge is 0.129 e. The van der Waals surface area contributed by atoms with Gasteiger partial charge >= 0.3 is 0 Å². The first-order chi connectivity index (χ1) is 9.22. The molecule has 106 valence electrons. The molecule has 0 aliphatic carbocycles. The van der Waals surface area contributed by atoms with E-state index in [1.54, 1.807) is 0 Å². The van der Waals surface area contributed by atoms with E-state index >= 15 is 0 Å². The maximum atomic E-state index is 9.10. The summed E-state index contributed by atoms with van der Waals surface area (Å²) in [4.78, 5) is 6.40. The third-order valence-corrected chi connectivity index (χ3v) is 3.01. The monoisotopic (exact) mass is 263 g/mol. The first-order valence-electron chi connectivity index (χ1n) is 6.89. The highest BCUT2D eigenvalue weighted by Gasteiger charge is 2.09. The maximum absolute atomic E-state index is 9.10. The number of aromatic nitrogens is 1. The summed E-state index contributed by atoms with van der Waals surface area (Å²) in [7, 11) is 0. The highest BCUT2D eigenvalue weighted by molar-refractivity contribution is 5.42. The van der Waals surface area contributed by atoms with Crippen LogP contribution in [0.25, 0.3) is 0 Å². The Labute approximate surface area is 116 Å². The molecule has 2 N–H and O–H groups in total. The Hall–Kier alpha value is -1.39. The molecule has 0 fully saturated rings. The van der Waals surface area contributed by atoms with E-state index in [0.29, 0.717) is 19.1 Å². The molecule has 1 aromatic heterocycles. The van der Waals surface area contributed by atoms with Gasteiger partial charge in [0, 0.05) is 25.3 Å². The molecule has 0 radical (unpaired) electrons. The highest BCUT2D eigenvalue weighted by atomic mass is 16.3. The molecular formula is C15H25N3O. The largest absolute Gasteiger partial charge is 0.395 e. The molecular weight excluding hydrogens is 238 g/mol. The van der Waals surface area contributed by atoms with Crippen LogP contribution in [0.2, 0.25) is 0 Å². The zero-order valence-corrected chi connectivity index (χ0v) is 12.0. The lowest BCUT2D eigenvalue weighted by Gasteiger charge is -2.22. The summed E-state index contributed by atoms with van der Waals surface area (Å²) >= 11 is 0. The molecule has 19 heavy (non-hydrogen) atoms. The second-order valence-electron chi connectivity index (χ2n) is 4.58. The Bertz CT molecular complexity index is 381. The standard InChI is InChI=1S/C15H25N3O/c1-4-7-16-13(3)14-6-8-17-15(12-14)18(9-5-2)10-11-19/h5-6,8,12-13,16,19H,2,4,7,9-11H2,1,3H3. The molecule has 0 aromatic carbocycles. The van der Waals surface area contributed by atoms with Crippen molar-refractivity contribution < 1.29 is 5.11 Å². The van der Waals surface area contributed by atoms with Gasteiger partial charge in [0.25, 0.3) is 0 Å². The minimum absolute atomic E-state index is 0.114. The summed E-state index contributed by atoms with van der Waals surface area (Å²) in [6, 6.07) is 4.41. The minimum atomic E-state index is 0.114. The second kappa shape index (κ2) is 8.67. The van der Waals surface area contributed by atoms with E-state index in [2.05, 4.69) is 36.8 Å². The lowest BCUT2D eigenvalue weighted by molar-refractivity contribution is 0.302. The van der Waals surface area contributed by atoms with Crippen molar-refractivity contribution >= 4 is 5.82 Å². The van der Waals surface area contributed by atoms with Gasteiger partial charge in [-0.15, -0.1) is 6.58 Å². The molecule has 0 bridgehead atoms. The van der Waals surface area contributed by atoms with Crippen LogP contribution < -0.4 is 10.2 Å². The number of hydrogen-bond donors (Lipinski definition) is 2. The average Bonchev–Trinajstić information content (AvgIpc) is 2.44. The molecule has 4 heteroatoms. The van der Waals surface area contributed by atoms with Crippen molar-refractivity contribution in [1.29, 1.82) is 0 Å². The van der Waals surface area contributed by atoms with Crippen LogP contribution in [-0.2, 0) is 0 Å². The maximum Gasteiger partial charge on any atom is 0.129 e. The van der Waals surface area contributed by atoms with E-state index in [1.165, 1.54) is 5.56 Å². The van der Waals surface area contributed by atoms with Crippen molar-refractivity contribution in [2.24, 2.45) is 0 Å². The normalized spacial score (nSPS) is 12.2. The third-order valence-electron chi connectivity index (χ3n) is 3.01. The fraction of sp³-hybridized carbons (Fsp3) is 0.533. The van der Waals surface area contributed by atoms with Crippen LogP contribution in [0.1, 0.15) is 31.9 Å². The van der Waals surface area contributed by atoms with Crippen LogP contribution in [0.5, 0.6) is 0 Å². The van der Waals surface area contributed by atoms with Crippen molar-refractivity contribution in [3.63, 3.8) is 0 Å². The van der Waals surface area contributed by atoms with Crippen molar-refractivity contribution in [3.8, 4) is 0 Å². The van der Waals surface area contributed by atoms with Gasteiger partial charge in [-0.05, 0) is 37.6 Å². The SMILES string of the molecule is C=CCN(CCO)c1cc(C(C)NCCC)ccn1. The first-order valence-corrected chi connectivity index (χ1v) is 6.89. The number of aliphatic hydroxyl groups excluding tert-OH is 1. The molecule has 0 saturated heterocycles. The number of nitrogens with one attached hydrogen (secondary N) is 1. The summed E-state index contributed by atoms with van der Waals surface area (Å²) in [5, 5.41) is 12.6. The summed E-state index contributed by atoms with van der Waals surface area (Å²) in [5.74, 6) is 0.886. The lowest BCUT2D eigenvalue weighted by atomic mass is 10.1. The Kier molecular flexibility index (Phi) is 7.15. The van der Waals surface area contributed by atoms with Crippen LogP contribution in [0.15, 0.2) is 31.0 Å². The summed E-state index contributed by atoms with van der Waals surface area (Å²) in [5.41, 5.74) is 1.21. The Morgan fingerprint density at radius 2 is 2.37 bits per heavy atom. The van der Waals surface area contributed by atoms with Crippen LogP contribution in [0.4, 0.5) is 5.82 Å². The van der Waals surface area contributed by atoms with Gasteiger partial charge in [0.1, 0.15) is 5.82 Å². The molecule has 0 amide bonds. The fourth-order valence-corrected chi connectivity index (χ4v) is 1.93. The third kappa shape index (κ3) is 5.01. The van der Waals surface area contributed by atoms with Crippen LogP contribution in [0, 0.1) is 0 Å². The van der Waals surface area contributed by atoms with Crippen LogP contribution >= 0.6 is 0 Å². The predicted octanol–water partition coefficient (Wildman–Crippen LogP) is 2.13. The number of rotatable bonds is 9. The summed E-state index contributed by atoms with van der Waals surface area (Å²) < 4.78 is 0. The van der Waals surface area contributed by atoms with Gasteiger partial charge in [-0.25, -0.2) is 4.98 Å². The molecule has 1 unspecified atom stereocenters. The number of nitrogens with zero attached hydrogens (tertiary/aromatic N) is 2. The molecule has 0 saturated carbocycles. The number of aliphatic hydroxyl groups is 1. The second-order valence-corrected chi connectivity index (χ2v) is 4.58. The summed E-state index contributed by atoms with van der Waals surface area (Å²) in [6.07, 6.45) is 4.76. The van der Waals surface area contributed by atoms with E-state index in [4.69, 9.17) is 5.11 Å². The van der Waals surface area contributed by atoms with Crippen LogP contribution in [-0.4, -0.2) is 36.3 Å². The highest BCUT2D eigenvalue weighted by Crippen LogP contribution is 2.18. The molecule has 1 rings (SSSR count). The van der Waals surface area contributed by atoms with Crippen molar-refractivity contribution in [1.82, 2.24) is 10.3 Å². The zero-order valence-electron chi connectivity index (χ0n) is 12.0. The van der Waals surface area contributed by atoms with E-state index in [1.807, 2.05) is 23.2 Å². The average molecular weight is 263 g/mol. The van der Waals surface area contributed by atoms with E-state index in [9.17, 15) is 0 Å². The molecule has 1 heterocycles. The molecule has 4 nitrogen and oxygen atoms in total. The van der Waals surface area contributed by atoms with Gasteiger partial charge in [0.15, 0.2) is 0 Å². The zero-order chi connectivity index (χ0) is 14.1. The molecule has 1 aromatic rings. The Morgan fingerprint density at radius 1 is 1.58 bits per heavy atom. The summed E-state index contributed by atoms with van der Waals surface area (Å²) in [6.45, 7) is 10.4. The number of anilines is 1. The minimum Gasteiger partial charge on any atom is -0.395 e. The van der Waals surface area contributed by atoms with Gasteiger partial charge in [-0.1, -0.05) is 13.0 Å². The topological polar surface area (TPSA) is 48.4 Å². The van der Waals surface area contributed by atoms with Gasteiger partial charge < -0.3 is 15.3 Å². The van der Waals surface area contributed by atoms with Gasteiger partial charge in [0.2, 0.25) is 0 Å². The van der Waals surface area contributed by atoms with E-state index in [0.717, 1.165) is 18.8 Å². The van der Waals surface area contributed by atoms with Crippen molar-refractivity contribution in [2.45, 2.75) is 26.3 Å². The quantitative estimate of drug-likeness (QED) is 0.670. The molecule has 0 aliphatic rings. The first kappa shape index (κ1) is 15.7. The van der Waals surface area contributed by atoms with E-state index < -0.39 is 0 Å². The van der Waals surface area contributed by atoms with Crippen LogP contribution in [0.3, 0.4) is 0 Å².